The van der Waals surface area contributed by atoms with Crippen LogP contribution in [0.15, 0.2) is 83.8 Å². The van der Waals surface area contributed by atoms with Gasteiger partial charge in [0, 0.05) is 12.6 Å². The van der Waals surface area contributed by atoms with Crippen LogP contribution in [0.2, 0.25) is 0 Å². The van der Waals surface area contributed by atoms with E-state index in [1.54, 1.807) is 35.2 Å². The normalized spacial score (nSPS) is 14.4. The van der Waals surface area contributed by atoms with Gasteiger partial charge in [0.15, 0.2) is 0 Å². The first-order chi connectivity index (χ1) is 19.7. The van der Waals surface area contributed by atoms with Crippen molar-refractivity contribution < 1.29 is 18.0 Å². The number of hydrogen-bond donors (Lipinski definition) is 1. The molecule has 0 spiro atoms. The maximum atomic E-state index is 14.2. The summed E-state index contributed by atoms with van der Waals surface area (Å²) in [4.78, 5) is 29.3. The number of nitrogens with zero attached hydrogens (tertiary/aromatic N) is 2. The quantitative estimate of drug-likeness (QED) is 0.313. The van der Waals surface area contributed by atoms with Gasteiger partial charge in [-0.05, 0) is 80.5 Å². The van der Waals surface area contributed by atoms with Crippen LogP contribution in [0.4, 0.5) is 5.69 Å². The Bertz CT molecular complexity index is 1420. The molecular weight excluding hydrogens is 534 g/mol. The molecule has 218 valence electrons. The molecule has 0 heterocycles. The number of sulfonamides is 1. The molecule has 41 heavy (non-hydrogen) atoms. The Morgan fingerprint density at radius 3 is 2.15 bits per heavy atom. The molecule has 2 amide bonds. The maximum Gasteiger partial charge on any atom is 0.264 e. The predicted molar refractivity (Wildman–Crippen MR) is 163 cm³/mol. The lowest BCUT2D eigenvalue weighted by Crippen LogP contribution is -2.54. The van der Waals surface area contributed by atoms with Crippen molar-refractivity contribution in [2.24, 2.45) is 0 Å². The minimum Gasteiger partial charge on any atom is -0.352 e. The summed E-state index contributed by atoms with van der Waals surface area (Å²) in [5.74, 6) is -0.587. The van der Waals surface area contributed by atoms with E-state index in [2.05, 4.69) is 5.32 Å². The lowest BCUT2D eigenvalue weighted by atomic mass is 10.1. The summed E-state index contributed by atoms with van der Waals surface area (Å²) in [6.45, 7) is 5.65. The van der Waals surface area contributed by atoms with Crippen LogP contribution in [0.25, 0.3) is 0 Å². The monoisotopic (exact) mass is 575 g/mol. The third-order valence-electron chi connectivity index (χ3n) is 7.96. The second kappa shape index (κ2) is 13.8. The summed E-state index contributed by atoms with van der Waals surface area (Å²) in [7, 11) is -4.07. The number of rotatable bonds is 12. The van der Waals surface area contributed by atoms with Gasteiger partial charge in [-0.15, -0.1) is 0 Å². The van der Waals surface area contributed by atoms with Crippen LogP contribution in [0, 0.1) is 13.8 Å². The van der Waals surface area contributed by atoms with Crippen molar-refractivity contribution in [1.82, 2.24) is 10.2 Å². The summed E-state index contributed by atoms with van der Waals surface area (Å²) < 4.78 is 29.1. The Kier molecular flexibility index (Phi) is 10.2. The molecule has 1 N–H and O–H groups in total. The SMILES string of the molecule is CCC(C(=O)NC1CCCC1)N(CCc1ccccc1)C(=O)CN(c1ccc(C)c(C)c1)S(=O)(=O)c1ccccc1. The van der Waals surface area contributed by atoms with E-state index in [4.69, 9.17) is 0 Å². The zero-order valence-corrected chi connectivity index (χ0v) is 25.1. The Hall–Kier alpha value is -3.65. The maximum absolute atomic E-state index is 14.2. The van der Waals surface area contributed by atoms with Gasteiger partial charge in [-0.1, -0.05) is 74.4 Å². The molecule has 1 saturated carbocycles. The number of carbonyl (C=O) groups excluding carboxylic acids is 2. The fraction of sp³-hybridized carbons (Fsp3) is 0.394. The van der Waals surface area contributed by atoms with Gasteiger partial charge in [-0.25, -0.2) is 8.42 Å². The summed E-state index contributed by atoms with van der Waals surface area (Å²) in [6, 6.07) is 22.8. The van der Waals surface area contributed by atoms with Gasteiger partial charge in [-0.3, -0.25) is 13.9 Å². The van der Waals surface area contributed by atoms with E-state index < -0.39 is 28.5 Å². The van der Waals surface area contributed by atoms with Crippen LogP contribution in [-0.2, 0) is 26.0 Å². The van der Waals surface area contributed by atoms with E-state index >= 15 is 0 Å². The highest BCUT2D eigenvalue weighted by Gasteiger charge is 2.34. The summed E-state index contributed by atoms with van der Waals surface area (Å²) in [6.07, 6.45) is 5.02. The average Bonchev–Trinajstić information content (AvgIpc) is 3.49. The topological polar surface area (TPSA) is 86.8 Å². The molecule has 0 aliphatic heterocycles. The number of anilines is 1. The van der Waals surface area contributed by atoms with E-state index in [0.29, 0.717) is 25.1 Å². The third-order valence-corrected chi connectivity index (χ3v) is 9.75. The molecule has 1 fully saturated rings. The van der Waals surface area contributed by atoms with E-state index in [1.165, 1.54) is 16.4 Å². The van der Waals surface area contributed by atoms with E-state index in [0.717, 1.165) is 42.4 Å². The summed E-state index contributed by atoms with van der Waals surface area (Å²) >= 11 is 0. The number of benzene rings is 3. The molecule has 0 bridgehead atoms. The smallest absolute Gasteiger partial charge is 0.264 e. The Morgan fingerprint density at radius 1 is 0.902 bits per heavy atom. The number of amides is 2. The minimum absolute atomic E-state index is 0.105. The van der Waals surface area contributed by atoms with E-state index in [9.17, 15) is 18.0 Å². The van der Waals surface area contributed by atoms with E-state index in [-0.39, 0.29) is 16.8 Å². The lowest BCUT2D eigenvalue weighted by Gasteiger charge is -2.34. The Labute approximate surface area is 244 Å². The summed E-state index contributed by atoms with van der Waals surface area (Å²) in [5.41, 5.74) is 3.40. The second-order valence-electron chi connectivity index (χ2n) is 10.8. The van der Waals surface area contributed by atoms with Crippen molar-refractivity contribution in [3.8, 4) is 0 Å². The molecule has 0 saturated heterocycles. The predicted octanol–water partition coefficient (Wildman–Crippen LogP) is 5.41. The highest BCUT2D eigenvalue weighted by atomic mass is 32.2. The first-order valence-electron chi connectivity index (χ1n) is 14.5. The van der Waals surface area contributed by atoms with Crippen LogP contribution in [-0.4, -0.2) is 50.3 Å². The Balaban J connectivity index is 1.68. The minimum atomic E-state index is -4.07. The number of carbonyl (C=O) groups is 2. The molecule has 4 rings (SSSR count). The van der Waals surface area contributed by atoms with Crippen molar-refractivity contribution in [3.05, 3.63) is 95.6 Å². The van der Waals surface area contributed by atoms with Gasteiger partial charge in [0.25, 0.3) is 10.0 Å². The third kappa shape index (κ3) is 7.55. The molecule has 3 aromatic rings. The highest BCUT2D eigenvalue weighted by Crippen LogP contribution is 2.26. The van der Waals surface area contributed by atoms with Crippen molar-refractivity contribution >= 4 is 27.5 Å². The zero-order chi connectivity index (χ0) is 29.4. The van der Waals surface area contributed by atoms with Crippen LogP contribution in [0.5, 0.6) is 0 Å². The van der Waals surface area contributed by atoms with Crippen molar-refractivity contribution in [2.45, 2.75) is 76.3 Å². The number of nitrogens with one attached hydrogen (secondary N) is 1. The fourth-order valence-electron chi connectivity index (χ4n) is 5.39. The van der Waals surface area contributed by atoms with Gasteiger partial charge < -0.3 is 10.2 Å². The first-order valence-corrected chi connectivity index (χ1v) is 15.9. The molecule has 3 aromatic carbocycles. The van der Waals surface area contributed by atoms with Gasteiger partial charge in [0.1, 0.15) is 12.6 Å². The van der Waals surface area contributed by atoms with Gasteiger partial charge >= 0.3 is 0 Å². The number of aryl methyl sites for hydroxylation is 2. The largest absolute Gasteiger partial charge is 0.352 e. The second-order valence-corrected chi connectivity index (χ2v) is 12.7. The van der Waals surface area contributed by atoms with Crippen LogP contribution < -0.4 is 9.62 Å². The van der Waals surface area contributed by atoms with Crippen LogP contribution in [0.3, 0.4) is 0 Å². The number of hydrogen-bond acceptors (Lipinski definition) is 4. The highest BCUT2D eigenvalue weighted by molar-refractivity contribution is 7.92. The summed E-state index contributed by atoms with van der Waals surface area (Å²) in [5, 5.41) is 3.15. The molecular formula is C33H41N3O4S. The molecule has 1 unspecified atom stereocenters. The first kappa shape index (κ1) is 30.3. The zero-order valence-electron chi connectivity index (χ0n) is 24.3. The van der Waals surface area contributed by atoms with Gasteiger partial charge in [-0.2, -0.15) is 0 Å². The fourth-order valence-corrected chi connectivity index (χ4v) is 6.82. The molecule has 0 aromatic heterocycles. The molecule has 1 atom stereocenters. The van der Waals surface area contributed by atoms with Crippen LogP contribution in [0.1, 0.15) is 55.7 Å². The standard InChI is InChI=1S/C33H41N3O4S/c1-4-31(33(38)34-28-15-11-12-16-28)35(22-21-27-13-7-5-8-14-27)32(37)24-36(29-20-19-25(2)26(3)23-29)41(39,40)30-17-9-6-10-18-30/h5-10,13-14,17-20,23,28,31H,4,11-12,15-16,21-22,24H2,1-3H3,(H,34,38). The molecule has 0 radical (unpaired) electrons. The van der Waals surface area contributed by atoms with Gasteiger partial charge in [0.2, 0.25) is 11.8 Å². The molecule has 8 heteroatoms. The average molecular weight is 576 g/mol. The van der Waals surface area contributed by atoms with Crippen LogP contribution >= 0.6 is 0 Å². The van der Waals surface area contributed by atoms with Crippen molar-refractivity contribution in [3.63, 3.8) is 0 Å². The molecule has 1 aliphatic carbocycles. The molecule has 1 aliphatic rings. The Morgan fingerprint density at radius 2 is 1.54 bits per heavy atom. The molecule has 7 nitrogen and oxygen atoms in total. The lowest BCUT2D eigenvalue weighted by molar-refractivity contribution is -0.139. The van der Waals surface area contributed by atoms with E-state index in [1.807, 2.05) is 57.2 Å². The van der Waals surface area contributed by atoms with Crippen molar-refractivity contribution in [1.29, 1.82) is 0 Å². The van der Waals surface area contributed by atoms with Crippen molar-refractivity contribution in [2.75, 3.05) is 17.4 Å². The van der Waals surface area contributed by atoms with Gasteiger partial charge in [0.05, 0.1) is 10.6 Å².